The zero-order valence-electron chi connectivity index (χ0n) is 17.6. The van der Waals surface area contributed by atoms with Gasteiger partial charge in [0, 0.05) is 23.1 Å². The van der Waals surface area contributed by atoms with Gasteiger partial charge in [0.25, 0.3) is 0 Å². The molecule has 0 saturated heterocycles. The van der Waals surface area contributed by atoms with E-state index in [9.17, 15) is 9.59 Å². The van der Waals surface area contributed by atoms with Crippen LogP contribution in [0.15, 0.2) is 89.3 Å². The molecule has 1 unspecified atom stereocenters. The minimum absolute atomic E-state index is 0.0148. The summed E-state index contributed by atoms with van der Waals surface area (Å²) in [7, 11) is 0. The molecule has 4 rings (SSSR count). The number of ketones is 1. The quantitative estimate of drug-likeness (QED) is 0.286. The number of esters is 1. The van der Waals surface area contributed by atoms with E-state index in [0.29, 0.717) is 22.9 Å². The maximum absolute atomic E-state index is 13.0. The van der Waals surface area contributed by atoms with Crippen LogP contribution in [-0.2, 0) is 16.0 Å². The zero-order chi connectivity index (χ0) is 22.3. The van der Waals surface area contributed by atoms with Crippen LogP contribution >= 0.6 is 0 Å². The van der Waals surface area contributed by atoms with Gasteiger partial charge in [0.05, 0.1) is 6.42 Å². The van der Waals surface area contributed by atoms with Gasteiger partial charge in [0.15, 0.2) is 6.10 Å². The van der Waals surface area contributed by atoms with Gasteiger partial charge in [-0.25, -0.2) is 0 Å². The van der Waals surface area contributed by atoms with Gasteiger partial charge in [-0.05, 0) is 19.1 Å². The average Bonchev–Trinajstić information content (AvgIpc) is 3.31. The monoisotopic (exact) mass is 426 g/mol. The molecule has 1 aromatic heterocycles. The van der Waals surface area contributed by atoms with Gasteiger partial charge in [-0.2, -0.15) is 0 Å². The van der Waals surface area contributed by atoms with Gasteiger partial charge in [0.2, 0.25) is 17.6 Å². The number of carbonyl (C=O) groups excluding carboxylic acids is 2. The van der Waals surface area contributed by atoms with E-state index < -0.39 is 12.1 Å². The predicted molar refractivity (Wildman–Crippen MR) is 119 cm³/mol. The van der Waals surface area contributed by atoms with E-state index in [1.54, 1.807) is 48.5 Å². The summed E-state index contributed by atoms with van der Waals surface area (Å²) in [5, 5.41) is 8.06. The number of Topliss-reactive ketones (excluding diaryl/α,β-unsaturated/α-hetero) is 1. The van der Waals surface area contributed by atoms with Crippen molar-refractivity contribution in [3.05, 3.63) is 108 Å². The Balaban J connectivity index is 1.43. The second-order valence-electron chi connectivity index (χ2n) is 7.38. The Kier molecular flexibility index (Phi) is 6.51. The molecule has 0 fully saturated rings. The standard InChI is InChI=1S/C26H22N2O4/c1-18-12-14-21(15-13-18)26-28-27-22(31-26)16-17-23(29)32-25(20-10-6-3-7-11-20)24(30)19-8-4-2-5-9-19/h2-15,25H,16-17H2,1H3. The van der Waals surface area contributed by atoms with Crippen LogP contribution in [0.2, 0.25) is 0 Å². The largest absolute Gasteiger partial charge is 0.449 e. The fourth-order valence-corrected chi connectivity index (χ4v) is 3.22. The van der Waals surface area contributed by atoms with Crippen molar-refractivity contribution < 1.29 is 18.7 Å². The number of hydrogen-bond acceptors (Lipinski definition) is 6. The molecule has 0 saturated carbocycles. The second kappa shape index (κ2) is 9.83. The van der Waals surface area contributed by atoms with Crippen molar-refractivity contribution in [2.75, 3.05) is 0 Å². The first-order chi connectivity index (χ1) is 15.6. The molecule has 0 radical (unpaired) electrons. The van der Waals surface area contributed by atoms with Crippen LogP contribution in [0.5, 0.6) is 0 Å². The number of aromatic nitrogens is 2. The fourth-order valence-electron chi connectivity index (χ4n) is 3.22. The lowest BCUT2D eigenvalue weighted by Crippen LogP contribution is -2.20. The molecule has 0 aliphatic heterocycles. The molecule has 4 aromatic rings. The van der Waals surface area contributed by atoms with Gasteiger partial charge in [-0.3, -0.25) is 9.59 Å². The summed E-state index contributed by atoms with van der Waals surface area (Å²) in [6.07, 6.45) is -0.781. The zero-order valence-corrected chi connectivity index (χ0v) is 17.6. The topological polar surface area (TPSA) is 82.3 Å². The lowest BCUT2D eigenvalue weighted by Gasteiger charge is -2.17. The van der Waals surface area contributed by atoms with Crippen molar-refractivity contribution in [3.8, 4) is 11.5 Å². The van der Waals surface area contributed by atoms with E-state index in [1.165, 1.54) is 0 Å². The minimum atomic E-state index is -1.02. The van der Waals surface area contributed by atoms with Crippen molar-refractivity contribution in [1.82, 2.24) is 10.2 Å². The Bertz CT molecular complexity index is 1190. The van der Waals surface area contributed by atoms with Crippen LogP contribution < -0.4 is 0 Å². The molecule has 3 aromatic carbocycles. The number of hydrogen-bond donors (Lipinski definition) is 0. The van der Waals surface area contributed by atoms with Gasteiger partial charge >= 0.3 is 5.97 Å². The van der Waals surface area contributed by atoms with Crippen molar-refractivity contribution in [1.29, 1.82) is 0 Å². The molecule has 0 amide bonds. The lowest BCUT2D eigenvalue weighted by atomic mass is 10.00. The summed E-state index contributed by atoms with van der Waals surface area (Å²) >= 11 is 0. The summed E-state index contributed by atoms with van der Waals surface area (Å²) in [5.74, 6) is -0.0548. The first kappa shape index (κ1) is 21.2. The molecule has 0 bridgehead atoms. The number of rotatable bonds is 8. The fraction of sp³-hybridized carbons (Fsp3) is 0.154. The third-order valence-corrected chi connectivity index (χ3v) is 4.96. The molecule has 160 valence electrons. The second-order valence-corrected chi connectivity index (χ2v) is 7.38. The Morgan fingerprint density at radius 1 is 0.875 bits per heavy atom. The maximum atomic E-state index is 13.0. The molecule has 0 spiro atoms. The molecule has 1 atom stereocenters. The van der Waals surface area contributed by atoms with Crippen molar-refractivity contribution >= 4 is 11.8 Å². The third-order valence-electron chi connectivity index (χ3n) is 4.96. The van der Waals surface area contributed by atoms with Crippen LogP contribution in [0.25, 0.3) is 11.5 Å². The average molecular weight is 426 g/mol. The van der Waals surface area contributed by atoms with Gasteiger partial charge < -0.3 is 9.15 Å². The Hall–Kier alpha value is -4.06. The van der Waals surface area contributed by atoms with Crippen LogP contribution in [0.1, 0.15) is 39.9 Å². The van der Waals surface area contributed by atoms with Crippen LogP contribution in [0, 0.1) is 6.92 Å². The number of carbonyl (C=O) groups is 2. The molecule has 32 heavy (non-hydrogen) atoms. The Morgan fingerprint density at radius 3 is 2.22 bits per heavy atom. The molecule has 1 heterocycles. The Labute approximate surface area is 185 Å². The highest BCUT2D eigenvalue weighted by Crippen LogP contribution is 2.24. The molecule has 6 nitrogen and oxygen atoms in total. The predicted octanol–water partition coefficient (Wildman–Crippen LogP) is 5.15. The van der Waals surface area contributed by atoms with Crippen LogP contribution in [-0.4, -0.2) is 21.9 Å². The summed E-state index contributed by atoms with van der Waals surface area (Å²) in [6, 6.07) is 25.5. The number of aryl methyl sites for hydroxylation is 2. The third kappa shape index (κ3) is 5.16. The highest BCUT2D eigenvalue weighted by molar-refractivity contribution is 6.00. The van der Waals surface area contributed by atoms with Gasteiger partial charge in [-0.15, -0.1) is 10.2 Å². The van der Waals surface area contributed by atoms with Crippen molar-refractivity contribution in [2.45, 2.75) is 25.9 Å². The maximum Gasteiger partial charge on any atom is 0.307 e. The molecule has 0 N–H and O–H groups in total. The van der Waals surface area contributed by atoms with Gasteiger partial charge in [0.1, 0.15) is 0 Å². The molecular formula is C26H22N2O4. The van der Waals surface area contributed by atoms with Gasteiger partial charge in [-0.1, -0.05) is 78.4 Å². The van der Waals surface area contributed by atoms with Crippen molar-refractivity contribution in [3.63, 3.8) is 0 Å². The van der Waals surface area contributed by atoms with E-state index in [0.717, 1.165) is 11.1 Å². The van der Waals surface area contributed by atoms with Crippen LogP contribution in [0.3, 0.4) is 0 Å². The first-order valence-electron chi connectivity index (χ1n) is 10.3. The van der Waals surface area contributed by atoms with E-state index in [2.05, 4.69) is 10.2 Å². The first-order valence-corrected chi connectivity index (χ1v) is 10.3. The van der Waals surface area contributed by atoms with E-state index in [-0.39, 0.29) is 18.6 Å². The normalized spacial score (nSPS) is 11.7. The summed E-state index contributed by atoms with van der Waals surface area (Å²) in [4.78, 5) is 25.6. The smallest absolute Gasteiger partial charge is 0.307 e. The Morgan fingerprint density at radius 2 is 1.53 bits per heavy atom. The van der Waals surface area contributed by atoms with Crippen molar-refractivity contribution in [2.24, 2.45) is 0 Å². The number of ether oxygens (including phenoxy) is 1. The van der Waals surface area contributed by atoms with E-state index >= 15 is 0 Å². The SMILES string of the molecule is Cc1ccc(-c2nnc(CCC(=O)OC(C(=O)c3ccccc3)c3ccccc3)o2)cc1. The number of benzene rings is 3. The lowest BCUT2D eigenvalue weighted by molar-refractivity contribution is -0.147. The summed E-state index contributed by atoms with van der Waals surface area (Å²) in [6.45, 7) is 2.00. The minimum Gasteiger partial charge on any atom is -0.449 e. The molecule has 6 heteroatoms. The van der Waals surface area contributed by atoms with E-state index in [4.69, 9.17) is 9.15 Å². The highest BCUT2D eigenvalue weighted by Gasteiger charge is 2.26. The molecular weight excluding hydrogens is 404 g/mol. The summed E-state index contributed by atoms with van der Waals surface area (Å²) < 4.78 is 11.3. The summed E-state index contributed by atoms with van der Waals surface area (Å²) in [5.41, 5.74) is 3.05. The number of nitrogens with zero attached hydrogens (tertiary/aromatic N) is 2. The molecule has 0 aliphatic rings. The highest BCUT2D eigenvalue weighted by atomic mass is 16.5. The molecule has 0 aliphatic carbocycles. The van der Waals surface area contributed by atoms with Crippen LogP contribution in [0.4, 0.5) is 0 Å². The van der Waals surface area contributed by atoms with E-state index in [1.807, 2.05) is 43.3 Å².